The van der Waals surface area contributed by atoms with Crippen LogP contribution in [0.4, 0.5) is 24.9 Å². The van der Waals surface area contributed by atoms with E-state index in [2.05, 4.69) is 22.2 Å². The zero-order chi connectivity index (χ0) is 28.5. The van der Waals surface area contributed by atoms with Crippen LogP contribution in [-0.4, -0.2) is 52.9 Å². The number of benzene rings is 2. The Morgan fingerprint density at radius 3 is 2.30 bits per heavy atom. The van der Waals surface area contributed by atoms with Crippen LogP contribution in [0, 0.1) is 5.41 Å². The van der Waals surface area contributed by atoms with Crippen molar-refractivity contribution < 1.29 is 27.8 Å². The van der Waals surface area contributed by atoms with E-state index in [-0.39, 0.29) is 22.8 Å². The number of carboxylic acid groups (broad SMARTS) is 1. The number of nitrogens with two attached hydrogens (primary N) is 1. The van der Waals surface area contributed by atoms with Crippen molar-refractivity contribution in [3.63, 3.8) is 0 Å². The van der Waals surface area contributed by atoms with Crippen LogP contribution in [0.25, 0.3) is 11.1 Å². The molecule has 2 aliphatic heterocycles. The Labute approximate surface area is 230 Å². The summed E-state index contributed by atoms with van der Waals surface area (Å²) in [5.74, 6) is -0.931. The molecule has 1 spiro atoms. The smallest absolute Gasteiger partial charge is 0.429 e. The predicted octanol–water partition coefficient (Wildman–Crippen LogP) is 5.00. The van der Waals surface area contributed by atoms with Crippen molar-refractivity contribution in [3.8, 4) is 17.0 Å². The minimum absolute atomic E-state index is 0.0539. The third-order valence-electron chi connectivity index (χ3n) is 7.96. The zero-order valence-electron chi connectivity index (χ0n) is 22.1. The molecule has 0 aliphatic carbocycles. The molecule has 2 aliphatic rings. The lowest BCUT2D eigenvalue weighted by Crippen LogP contribution is -2.41. The Kier molecular flexibility index (Phi) is 7.59. The number of hydrogen-bond donors (Lipinski definition) is 3. The number of halogens is 3. The molecule has 2 aromatic carbocycles. The molecule has 40 heavy (non-hydrogen) atoms. The Morgan fingerprint density at radius 2 is 1.75 bits per heavy atom. The summed E-state index contributed by atoms with van der Waals surface area (Å²) in [5, 5.41) is 12.4. The third kappa shape index (κ3) is 5.99. The number of piperidine rings is 1. The van der Waals surface area contributed by atoms with Gasteiger partial charge in [-0.2, -0.15) is 23.1 Å². The molecule has 212 valence electrons. The number of nitrogen functional groups attached to an aromatic ring is 1. The number of carbonyl (C=O) groups is 1. The lowest BCUT2D eigenvalue weighted by atomic mass is 9.76. The van der Waals surface area contributed by atoms with E-state index in [9.17, 15) is 23.1 Å². The van der Waals surface area contributed by atoms with Crippen LogP contribution in [0.2, 0.25) is 0 Å². The van der Waals surface area contributed by atoms with E-state index in [1.54, 1.807) is 12.1 Å². The van der Waals surface area contributed by atoms with Crippen molar-refractivity contribution in [1.29, 1.82) is 0 Å². The molecule has 0 radical (unpaired) electrons. The first kappa shape index (κ1) is 27.7. The van der Waals surface area contributed by atoms with Crippen molar-refractivity contribution >= 4 is 17.7 Å². The molecule has 1 aromatic heterocycles. The van der Waals surface area contributed by atoms with Gasteiger partial charge < -0.3 is 25.8 Å². The fourth-order valence-corrected chi connectivity index (χ4v) is 5.56. The Morgan fingerprint density at radius 1 is 1.12 bits per heavy atom. The molecule has 5 rings (SSSR count). The number of anilines is 2. The van der Waals surface area contributed by atoms with Gasteiger partial charge in [-0.15, -0.1) is 0 Å². The van der Waals surface area contributed by atoms with Crippen LogP contribution in [0.5, 0.6) is 5.88 Å². The summed E-state index contributed by atoms with van der Waals surface area (Å²) < 4.78 is 47.9. The second kappa shape index (κ2) is 11.0. The molecular weight excluding hydrogens is 523 g/mol. The number of aromatic nitrogens is 2. The summed E-state index contributed by atoms with van der Waals surface area (Å²) in [6.07, 6.45) is -4.04. The highest BCUT2D eigenvalue weighted by atomic mass is 19.4. The van der Waals surface area contributed by atoms with Crippen LogP contribution in [0.1, 0.15) is 43.4 Å². The van der Waals surface area contributed by atoms with Gasteiger partial charge in [-0.3, -0.25) is 4.79 Å². The molecule has 2 saturated heterocycles. The summed E-state index contributed by atoms with van der Waals surface area (Å²) in [5.41, 5.74) is 8.60. The van der Waals surface area contributed by atoms with E-state index in [0.717, 1.165) is 30.4 Å². The van der Waals surface area contributed by atoms with Crippen LogP contribution in [0.3, 0.4) is 0 Å². The molecule has 2 atom stereocenters. The zero-order valence-corrected chi connectivity index (χ0v) is 22.1. The molecule has 0 amide bonds. The maximum Gasteiger partial charge on any atom is 0.429 e. The van der Waals surface area contributed by atoms with E-state index in [1.165, 1.54) is 23.8 Å². The average Bonchev–Trinajstić information content (AvgIpc) is 3.35. The number of nitrogens with zero attached hydrogens (tertiary/aromatic N) is 3. The second-order valence-corrected chi connectivity index (χ2v) is 10.6. The molecule has 2 fully saturated rings. The molecule has 0 unspecified atom stereocenters. The molecule has 0 bridgehead atoms. The number of hydrogen-bond acceptors (Lipinski definition) is 7. The van der Waals surface area contributed by atoms with Gasteiger partial charge in [0.1, 0.15) is 11.9 Å². The Balaban J connectivity index is 1.31. The quantitative estimate of drug-likeness (QED) is 0.373. The average molecular weight is 556 g/mol. The van der Waals surface area contributed by atoms with Gasteiger partial charge in [0.2, 0.25) is 17.9 Å². The SMILES string of the molecule is CCc1ccc(-c2ccc([C@@H](Oc3cc(N4CCC5(CC4)CN[C@H](C(=O)O)C5)nc(N)n3)C(F)(F)F)cc2)cc1. The third-order valence-corrected chi connectivity index (χ3v) is 7.96. The van der Waals surface area contributed by atoms with E-state index in [1.807, 2.05) is 29.2 Å². The lowest BCUT2D eigenvalue weighted by molar-refractivity contribution is -0.198. The fraction of sp³-hybridized carbons (Fsp3) is 0.414. The first-order valence-electron chi connectivity index (χ1n) is 13.3. The van der Waals surface area contributed by atoms with Gasteiger partial charge in [0, 0.05) is 31.3 Å². The van der Waals surface area contributed by atoms with Crippen molar-refractivity contribution in [2.75, 3.05) is 30.3 Å². The fourth-order valence-electron chi connectivity index (χ4n) is 5.56. The first-order chi connectivity index (χ1) is 19.0. The van der Waals surface area contributed by atoms with Crippen molar-refractivity contribution in [2.24, 2.45) is 5.41 Å². The topological polar surface area (TPSA) is 114 Å². The summed E-state index contributed by atoms with van der Waals surface area (Å²) in [4.78, 5) is 21.4. The standard InChI is InChI=1S/C29H32F3N5O3/c1-2-18-3-5-19(6-4-18)20-7-9-21(10-8-20)25(29(30,31)32)40-24-15-23(35-27(33)36-24)37-13-11-28(12-14-37)16-22(26(38)39)34-17-28/h3-10,15,22,25,34H,2,11-14,16-17H2,1H3,(H,38,39)(H2,33,35,36)/t22-,25+/m0/s1. The van der Waals surface area contributed by atoms with E-state index >= 15 is 0 Å². The number of rotatable bonds is 7. The van der Waals surface area contributed by atoms with Crippen LogP contribution in [-0.2, 0) is 11.2 Å². The van der Waals surface area contributed by atoms with E-state index in [0.29, 0.717) is 31.9 Å². The minimum atomic E-state index is -4.70. The van der Waals surface area contributed by atoms with Gasteiger partial charge in [0.25, 0.3) is 0 Å². The Bertz CT molecular complexity index is 1340. The van der Waals surface area contributed by atoms with E-state index in [4.69, 9.17) is 10.5 Å². The number of ether oxygens (including phenoxy) is 1. The summed E-state index contributed by atoms with van der Waals surface area (Å²) in [6.45, 7) is 3.80. The summed E-state index contributed by atoms with van der Waals surface area (Å²) >= 11 is 0. The molecule has 8 nitrogen and oxygen atoms in total. The van der Waals surface area contributed by atoms with Gasteiger partial charge in [-0.25, -0.2) is 0 Å². The number of carboxylic acids is 1. The molecule has 4 N–H and O–H groups in total. The predicted molar refractivity (Wildman–Crippen MR) is 145 cm³/mol. The maximum atomic E-state index is 14.2. The highest BCUT2D eigenvalue weighted by Gasteiger charge is 2.45. The van der Waals surface area contributed by atoms with Crippen LogP contribution < -0.4 is 20.7 Å². The van der Waals surface area contributed by atoms with Gasteiger partial charge in [-0.05, 0) is 47.8 Å². The molecule has 0 saturated carbocycles. The van der Waals surface area contributed by atoms with E-state index < -0.39 is 24.3 Å². The molecule has 11 heteroatoms. The van der Waals surface area contributed by atoms with Gasteiger partial charge in [0.05, 0.1) is 0 Å². The van der Waals surface area contributed by atoms with Crippen molar-refractivity contribution in [1.82, 2.24) is 15.3 Å². The van der Waals surface area contributed by atoms with Crippen LogP contribution >= 0.6 is 0 Å². The Hall–Kier alpha value is -3.86. The summed E-state index contributed by atoms with van der Waals surface area (Å²) in [7, 11) is 0. The number of nitrogens with one attached hydrogen (secondary N) is 1. The maximum absolute atomic E-state index is 14.2. The minimum Gasteiger partial charge on any atom is -0.480 e. The van der Waals surface area contributed by atoms with Crippen molar-refractivity contribution in [2.45, 2.75) is 50.9 Å². The number of aryl methyl sites for hydroxylation is 1. The van der Waals surface area contributed by atoms with Crippen LogP contribution in [0.15, 0.2) is 54.6 Å². The molecule has 3 heterocycles. The molecular formula is C29H32F3N5O3. The monoisotopic (exact) mass is 555 g/mol. The van der Waals surface area contributed by atoms with Gasteiger partial charge in [-0.1, -0.05) is 55.5 Å². The number of aliphatic carboxylic acids is 1. The number of alkyl halides is 3. The lowest BCUT2D eigenvalue weighted by Gasteiger charge is -2.39. The second-order valence-electron chi connectivity index (χ2n) is 10.6. The normalized spacial score (nSPS) is 19.5. The largest absolute Gasteiger partial charge is 0.480 e. The summed E-state index contributed by atoms with van der Waals surface area (Å²) in [6, 6.07) is 14.8. The first-order valence-corrected chi connectivity index (χ1v) is 13.3. The highest BCUT2D eigenvalue weighted by molar-refractivity contribution is 5.74. The van der Waals surface area contributed by atoms with Crippen molar-refractivity contribution in [3.05, 3.63) is 65.7 Å². The van der Waals surface area contributed by atoms with Gasteiger partial charge >= 0.3 is 12.1 Å². The highest BCUT2D eigenvalue weighted by Crippen LogP contribution is 2.41. The molecule has 3 aromatic rings. The van der Waals surface area contributed by atoms with Gasteiger partial charge in [0.15, 0.2) is 0 Å².